The predicted octanol–water partition coefficient (Wildman–Crippen LogP) is 4.55. The molecule has 0 radical (unpaired) electrons. The van der Waals surface area contributed by atoms with Gasteiger partial charge in [-0.1, -0.05) is 49.2 Å². The van der Waals surface area contributed by atoms with Crippen LogP contribution >= 0.6 is 23.2 Å². The Morgan fingerprint density at radius 1 is 1.24 bits per heavy atom. The molecule has 1 amide bonds. The van der Waals surface area contributed by atoms with Crippen molar-refractivity contribution in [1.82, 2.24) is 10.2 Å². The van der Waals surface area contributed by atoms with Gasteiger partial charge in [0.1, 0.15) is 0 Å². The number of carbonyl (C=O) groups excluding carboxylic acids is 1. The summed E-state index contributed by atoms with van der Waals surface area (Å²) in [5.41, 5.74) is 2.13. The fourth-order valence-corrected chi connectivity index (χ4v) is 2.17. The highest BCUT2D eigenvalue weighted by Gasteiger charge is 2.13. The molecule has 1 atom stereocenters. The van der Waals surface area contributed by atoms with Gasteiger partial charge >= 0.3 is 0 Å². The van der Waals surface area contributed by atoms with Gasteiger partial charge < -0.3 is 5.32 Å². The zero-order valence-corrected chi connectivity index (χ0v) is 13.2. The van der Waals surface area contributed by atoms with Crippen molar-refractivity contribution < 1.29 is 4.79 Å². The first kappa shape index (κ1) is 15.7. The zero-order valence-electron chi connectivity index (χ0n) is 11.7. The SMILES string of the molecule is CCC(C)c1ccc(NC(=O)c2cc(Cl)nnc2Cl)cc1. The minimum absolute atomic E-state index is 0.0214. The standard InChI is InChI=1S/C15H15Cl2N3O/c1-3-9(2)10-4-6-11(7-5-10)18-15(21)12-8-13(16)19-20-14(12)17/h4-9H,3H2,1-2H3,(H,18,21). The highest BCUT2D eigenvalue weighted by atomic mass is 35.5. The molecule has 0 saturated heterocycles. The first-order chi connectivity index (χ1) is 10.0. The molecular weight excluding hydrogens is 309 g/mol. The molecule has 4 nitrogen and oxygen atoms in total. The van der Waals surface area contributed by atoms with E-state index in [1.165, 1.54) is 11.6 Å². The van der Waals surface area contributed by atoms with Crippen LogP contribution < -0.4 is 5.32 Å². The van der Waals surface area contributed by atoms with E-state index < -0.39 is 0 Å². The third-order valence-corrected chi connectivity index (χ3v) is 3.78. The summed E-state index contributed by atoms with van der Waals surface area (Å²) in [6.45, 7) is 4.31. The van der Waals surface area contributed by atoms with Crippen molar-refractivity contribution in [2.75, 3.05) is 5.32 Å². The number of anilines is 1. The molecule has 1 unspecified atom stereocenters. The van der Waals surface area contributed by atoms with Crippen molar-refractivity contribution in [3.8, 4) is 0 Å². The minimum atomic E-state index is -0.368. The van der Waals surface area contributed by atoms with Gasteiger partial charge in [0.05, 0.1) is 5.56 Å². The Bertz CT molecular complexity index is 644. The van der Waals surface area contributed by atoms with Gasteiger partial charge in [-0.05, 0) is 36.1 Å². The summed E-state index contributed by atoms with van der Waals surface area (Å²) in [4.78, 5) is 12.1. The number of benzene rings is 1. The molecule has 0 saturated carbocycles. The Morgan fingerprint density at radius 3 is 2.52 bits per heavy atom. The van der Waals surface area contributed by atoms with Crippen LogP contribution in [0.1, 0.15) is 42.1 Å². The van der Waals surface area contributed by atoms with Gasteiger partial charge in [-0.3, -0.25) is 4.79 Å². The molecule has 1 N–H and O–H groups in total. The third kappa shape index (κ3) is 3.93. The Labute approximate surface area is 133 Å². The van der Waals surface area contributed by atoms with Crippen LogP contribution in [0.3, 0.4) is 0 Å². The molecule has 0 aliphatic heterocycles. The number of rotatable bonds is 4. The number of halogens is 2. The van der Waals surface area contributed by atoms with E-state index >= 15 is 0 Å². The Kier molecular flexibility index (Phi) is 5.15. The first-order valence-electron chi connectivity index (χ1n) is 6.61. The molecule has 21 heavy (non-hydrogen) atoms. The highest BCUT2D eigenvalue weighted by molar-refractivity contribution is 6.34. The van der Waals surface area contributed by atoms with E-state index in [2.05, 4.69) is 29.4 Å². The van der Waals surface area contributed by atoms with Crippen LogP contribution in [0.25, 0.3) is 0 Å². The summed E-state index contributed by atoms with van der Waals surface area (Å²) < 4.78 is 0. The molecule has 0 bridgehead atoms. The second-order valence-corrected chi connectivity index (χ2v) is 5.50. The lowest BCUT2D eigenvalue weighted by molar-refractivity contribution is 0.102. The van der Waals surface area contributed by atoms with Crippen molar-refractivity contribution in [2.24, 2.45) is 0 Å². The minimum Gasteiger partial charge on any atom is -0.322 e. The van der Waals surface area contributed by atoms with Gasteiger partial charge in [0.25, 0.3) is 5.91 Å². The second kappa shape index (κ2) is 6.87. The summed E-state index contributed by atoms with van der Waals surface area (Å²) in [5, 5.41) is 10.1. The number of hydrogen-bond acceptors (Lipinski definition) is 3. The predicted molar refractivity (Wildman–Crippen MR) is 85.2 cm³/mol. The summed E-state index contributed by atoms with van der Waals surface area (Å²) in [7, 11) is 0. The van der Waals surface area contributed by atoms with Gasteiger partial charge in [-0.2, -0.15) is 0 Å². The van der Waals surface area contributed by atoms with Crippen LogP contribution in [0.2, 0.25) is 10.3 Å². The van der Waals surface area contributed by atoms with Gasteiger partial charge in [-0.25, -0.2) is 0 Å². The fourth-order valence-electron chi connectivity index (χ4n) is 1.84. The normalized spacial score (nSPS) is 12.0. The molecular formula is C15H15Cl2N3O. The molecule has 6 heteroatoms. The maximum Gasteiger partial charge on any atom is 0.258 e. The highest BCUT2D eigenvalue weighted by Crippen LogP contribution is 2.22. The van der Waals surface area contributed by atoms with Crippen LogP contribution in [0.4, 0.5) is 5.69 Å². The number of carbonyl (C=O) groups is 1. The molecule has 1 aromatic carbocycles. The number of nitrogens with one attached hydrogen (secondary N) is 1. The summed E-state index contributed by atoms with van der Waals surface area (Å²) in [5.74, 6) is 0.125. The molecule has 1 heterocycles. The fraction of sp³-hybridized carbons (Fsp3) is 0.267. The van der Waals surface area contributed by atoms with Crippen LogP contribution in [0, 0.1) is 0 Å². The van der Waals surface area contributed by atoms with Crippen LogP contribution in [0.5, 0.6) is 0 Å². The maximum absolute atomic E-state index is 12.1. The van der Waals surface area contributed by atoms with Gasteiger partial charge in [-0.15, -0.1) is 10.2 Å². The van der Waals surface area contributed by atoms with E-state index in [-0.39, 0.29) is 21.8 Å². The third-order valence-electron chi connectivity index (χ3n) is 3.31. The quantitative estimate of drug-likeness (QED) is 0.897. The first-order valence-corrected chi connectivity index (χ1v) is 7.37. The molecule has 0 fully saturated rings. The molecule has 2 rings (SSSR count). The van der Waals surface area contributed by atoms with Gasteiger partial charge in [0, 0.05) is 5.69 Å². The number of aromatic nitrogens is 2. The lowest BCUT2D eigenvalue weighted by Crippen LogP contribution is -2.13. The van der Waals surface area contributed by atoms with Crippen molar-refractivity contribution in [3.05, 3.63) is 51.8 Å². The van der Waals surface area contributed by atoms with Gasteiger partial charge in [0.2, 0.25) is 0 Å². The van der Waals surface area contributed by atoms with E-state index in [0.717, 1.165) is 6.42 Å². The average molecular weight is 324 g/mol. The summed E-state index contributed by atoms with van der Waals surface area (Å²) in [6.07, 6.45) is 1.07. The second-order valence-electron chi connectivity index (χ2n) is 4.76. The van der Waals surface area contributed by atoms with E-state index in [0.29, 0.717) is 11.6 Å². The average Bonchev–Trinajstić information content (AvgIpc) is 2.49. The van der Waals surface area contributed by atoms with Crippen LogP contribution in [-0.2, 0) is 0 Å². The zero-order chi connectivity index (χ0) is 15.4. The Morgan fingerprint density at radius 2 is 1.90 bits per heavy atom. The van der Waals surface area contributed by atoms with Gasteiger partial charge in [0.15, 0.2) is 10.3 Å². The van der Waals surface area contributed by atoms with Crippen molar-refractivity contribution in [1.29, 1.82) is 0 Å². The molecule has 0 aliphatic rings. The largest absolute Gasteiger partial charge is 0.322 e. The van der Waals surface area contributed by atoms with Crippen molar-refractivity contribution in [3.63, 3.8) is 0 Å². The molecule has 2 aromatic rings. The molecule has 1 aromatic heterocycles. The van der Waals surface area contributed by atoms with E-state index in [1.54, 1.807) is 0 Å². The number of amides is 1. The lowest BCUT2D eigenvalue weighted by Gasteiger charge is -2.10. The monoisotopic (exact) mass is 323 g/mol. The van der Waals surface area contributed by atoms with Crippen LogP contribution in [0.15, 0.2) is 30.3 Å². The van der Waals surface area contributed by atoms with Crippen LogP contribution in [-0.4, -0.2) is 16.1 Å². The molecule has 110 valence electrons. The Hall–Kier alpha value is -1.65. The van der Waals surface area contributed by atoms with E-state index in [4.69, 9.17) is 23.2 Å². The van der Waals surface area contributed by atoms with Crippen molar-refractivity contribution in [2.45, 2.75) is 26.2 Å². The van der Waals surface area contributed by atoms with Crippen molar-refractivity contribution >= 4 is 34.8 Å². The smallest absolute Gasteiger partial charge is 0.258 e. The Balaban J connectivity index is 2.14. The summed E-state index contributed by atoms with van der Waals surface area (Å²) in [6, 6.07) is 9.12. The number of nitrogens with zero attached hydrogens (tertiary/aromatic N) is 2. The molecule has 0 spiro atoms. The summed E-state index contributed by atoms with van der Waals surface area (Å²) >= 11 is 11.6. The van der Waals surface area contributed by atoms with E-state index in [9.17, 15) is 4.79 Å². The lowest BCUT2D eigenvalue weighted by atomic mass is 9.99. The maximum atomic E-state index is 12.1. The topological polar surface area (TPSA) is 54.9 Å². The number of hydrogen-bond donors (Lipinski definition) is 1. The van der Waals surface area contributed by atoms with E-state index in [1.807, 2.05) is 24.3 Å². The molecule has 0 aliphatic carbocycles.